The summed E-state index contributed by atoms with van der Waals surface area (Å²) in [6.45, 7) is 10.2. The van der Waals surface area contributed by atoms with Crippen LogP contribution in [0.3, 0.4) is 0 Å². The molecule has 0 atom stereocenters. The molecule has 0 amide bonds. The SMILES string of the molecule is CCCN(CCC)c1nc2nn(C)c(-c3ccc(C)cc3C)c2c(=O)n1C. The zero-order valence-electron chi connectivity index (χ0n) is 17.2. The lowest BCUT2D eigenvalue weighted by Gasteiger charge is -2.24. The molecule has 0 aliphatic rings. The second-order valence-electron chi connectivity index (χ2n) is 7.25. The molecule has 1 aromatic carbocycles. The maximum absolute atomic E-state index is 13.3. The van der Waals surface area contributed by atoms with E-state index in [0.717, 1.165) is 42.8 Å². The van der Waals surface area contributed by atoms with Crippen molar-refractivity contribution in [1.82, 2.24) is 19.3 Å². The van der Waals surface area contributed by atoms with E-state index in [1.54, 1.807) is 16.3 Å². The van der Waals surface area contributed by atoms with Crippen LogP contribution in [0.5, 0.6) is 0 Å². The summed E-state index contributed by atoms with van der Waals surface area (Å²) >= 11 is 0. The molecule has 0 aliphatic heterocycles. The third-order valence-electron chi connectivity index (χ3n) is 4.96. The Labute approximate surface area is 160 Å². The predicted octanol–water partition coefficient (Wildman–Crippen LogP) is 3.58. The van der Waals surface area contributed by atoms with Gasteiger partial charge in [-0.25, -0.2) is 0 Å². The van der Waals surface area contributed by atoms with Gasteiger partial charge in [-0.15, -0.1) is 0 Å². The van der Waals surface area contributed by atoms with Crippen molar-refractivity contribution >= 4 is 17.0 Å². The van der Waals surface area contributed by atoms with Gasteiger partial charge in [-0.1, -0.05) is 37.6 Å². The van der Waals surface area contributed by atoms with Gasteiger partial charge in [-0.2, -0.15) is 10.1 Å². The Hall–Kier alpha value is -2.63. The minimum Gasteiger partial charge on any atom is -0.342 e. The number of fused-ring (bicyclic) bond motifs is 1. The number of nitrogens with zero attached hydrogens (tertiary/aromatic N) is 5. The van der Waals surface area contributed by atoms with Crippen molar-refractivity contribution in [2.45, 2.75) is 40.5 Å². The van der Waals surface area contributed by atoms with Crippen molar-refractivity contribution in [3.8, 4) is 11.3 Å². The van der Waals surface area contributed by atoms with E-state index in [4.69, 9.17) is 4.98 Å². The molecule has 3 aromatic rings. The fourth-order valence-electron chi connectivity index (χ4n) is 3.74. The van der Waals surface area contributed by atoms with Crippen molar-refractivity contribution < 1.29 is 0 Å². The van der Waals surface area contributed by atoms with Crippen LogP contribution in [-0.4, -0.2) is 32.4 Å². The lowest BCUT2D eigenvalue weighted by Crippen LogP contribution is -2.33. The molecule has 0 N–H and O–H groups in total. The molecule has 0 aliphatic carbocycles. The number of anilines is 1. The molecule has 0 bridgehead atoms. The fourth-order valence-corrected chi connectivity index (χ4v) is 3.74. The molecule has 0 saturated carbocycles. The Morgan fingerprint density at radius 3 is 2.33 bits per heavy atom. The molecule has 3 rings (SSSR count). The zero-order chi connectivity index (χ0) is 19.7. The van der Waals surface area contributed by atoms with E-state index in [2.05, 4.69) is 55.9 Å². The van der Waals surface area contributed by atoms with E-state index in [9.17, 15) is 4.79 Å². The van der Waals surface area contributed by atoms with Crippen molar-refractivity contribution in [1.29, 1.82) is 0 Å². The van der Waals surface area contributed by atoms with Gasteiger partial charge in [0.1, 0.15) is 5.39 Å². The second kappa shape index (κ2) is 7.55. The Bertz CT molecular complexity index is 1030. The molecule has 27 heavy (non-hydrogen) atoms. The van der Waals surface area contributed by atoms with E-state index in [-0.39, 0.29) is 5.56 Å². The highest BCUT2D eigenvalue weighted by atomic mass is 16.1. The molecular weight excluding hydrogens is 338 g/mol. The predicted molar refractivity (Wildman–Crippen MR) is 111 cm³/mol. The van der Waals surface area contributed by atoms with Gasteiger partial charge in [0.2, 0.25) is 5.95 Å². The van der Waals surface area contributed by atoms with Gasteiger partial charge >= 0.3 is 0 Å². The standard InChI is InChI=1S/C21H29N5O/c1-7-11-26(12-8-2)21-22-19-17(20(27)24(21)5)18(25(6)23-19)16-10-9-14(3)13-15(16)4/h9-10,13H,7-8,11-12H2,1-6H3. The third-order valence-corrected chi connectivity index (χ3v) is 4.96. The number of aryl methyl sites for hydroxylation is 3. The summed E-state index contributed by atoms with van der Waals surface area (Å²) in [7, 11) is 3.69. The highest BCUT2D eigenvalue weighted by Crippen LogP contribution is 2.29. The lowest BCUT2D eigenvalue weighted by atomic mass is 10.0. The summed E-state index contributed by atoms with van der Waals surface area (Å²) < 4.78 is 3.45. The van der Waals surface area contributed by atoms with Gasteiger partial charge in [-0.05, 0) is 32.3 Å². The van der Waals surface area contributed by atoms with Gasteiger partial charge in [-0.3, -0.25) is 14.0 Å². The van der Waals surface area contributed by atoms with Crippen molar-refractivity contribution in [3.63, 3.8) is 0 Å². The van der Waals surface area contributed by atoms with Crippen molar-refractivity contribution in [3.05, 3.63) is 39.7 Å². The number of rotatable bonds is 6. The molecule has 2 heterocycles. The summed E-state index contributed by atoms with van der Waals surface area (Å²) in [6.07, 6.45) is 2.01. The molecule has 0 saturated heterocycles. The first-order valence-corrected chi connectivity index (χ1v) is 9.65. The second-order valence-corrected chi connectivity index (χ2v) is 7.25. The average Bonchev–Trinajstić information content (AvgIpc) is 2.94. The first-order valence-electron chi connectivity index (χ1n) is 9.65. The first kappa shape index (κ1) is 19.1. The maximum Gasteiger partial charge on any atom is 0.266 e. The minimum absolute atomic E-state index is 0.0460. The van der Waals surface area contributed by atoms with Crippen molar-refractivity contribution in [2.75, 3.05) is 18.0 Å². The summed E-state index contributed by atoms with van der Waals surface area (Å²) in [6, 6.07) is 6.26. The summed E-state index contributed by atoms with van der Waals surface area (Å²) in [5.74, 6) is 0.696. The molecular formula is C21H29N5O. The van der Waals surface area contributed by atoms with Crippen LogP contribution in [0, 0.1) is 13.8 Å². The van der Waals surface area contributed by atoms with Gasteiger partial charge < -0.3 is 4.90 Å². The van der Waals surface area contributed by atoms with Crippen LogP contribution >= 0.6 is 0 Å². The van der Waals surface area contributed by atoms with Gasteiger partial charge in [0.25, 0.3) is 5.56 Å². The summed E-state index contributed by atoms with van der Waals surface area (Å²) in [5, 5.41) is 5.17. The largest absolute Gasteiger partial charge is 0.342 e. The molecule has 6 nitrogen and oxygen atoms in total. The molecule has 0 radical (unpaired) electrons. The average molecular weight is 367 g/mol. The molecule has 2 aromatic heterocycles. The van der Waals surface area contributed by atoms with Crippen LogP contribution in [0.25, 0.3) is 22.3 Å². The van der Waals surface area contributed by atoms with E-state index in [1.165, 1.54) is 5.56 Å². The van der Waals surface area contributed by atoms with Gasteiger partial charge in [0.05, 0.1) is 5.69 Å². The Balaban J connectivity index is 2.27. The van der Waals surface area contributed by atoms with E-state index < -0.39 is 0 Å². The van der Waals surface area contributed by atoms with Crippen LogP contribution < -0.4 is 10.5 Å². The summed E-state index contributed by atoms with van der Waals surface area (Å²) in [4.78, 5) is 20.2. The fraction of sp³-hybridized carbons (Fsp3) is 0.476. The Morgan fingerprint density at radius 2 is 1.74 bits per heavy atom. The Kier molecular flexibility index (Phi) is 5.35. The maximum atomic E-state index is 13.3. The van der Waals surface area contributed by atoms with Gasteiger partial charge in [0, 0.05) is 32.7 Å². The normalized spacial score (nSPS) is 11.3. The Morgan fingerprint density at radius 1 is 1.07 bits per heavy atom. The monoisotopic (exact) mass is 367 g/mol. The number of hydrogen-bond donors (Lipinski definition) is 0. The van der Waals surface area contributed by atoms with Crippen LogP contribution in [-0.2, 0) is 14.1 Å². The first-order chi connectivity index (χ1) is 12.9. The smallest absolute Gasteiger partial charge is 0.266 e. The van der Waals surface area contributed by atoms with Crippen LogP contribution in [0.15, 0.2) is 23.0 Å². The quantitative estimate of drug-likeness (QED) is 0.668. The zero-order valence-corrected chi connectivity index (χ0v) is 17.2. The topological polar surface area (TPSA) is 56.0 Å². The highest BCUT2D eigenvalue weighted by molar-refractivity contribution is 5.92. The number of benzene rings is 1. The molecule has 0 fully saturated rings. The van der Waals surface area contributed by atoms with E-state index in [0.29, 0.717) is 17.0 Å². The van der Waals surface area contributed by atoms with E-state index in [1.807, 2.05) is 7.05 Å². The summed E-state index contributed by atoms with van der Waals surface area (Å²) in [5.41, 5.74) is 4.66. The molecule has 0 unspecified atom stereocenters. The van der Waals surface area contributed by atoms with Crippen LogP contribution in [0.1, 0.15) is 37.8 Å². The van der Waals surface area contributed by atoms with Crippen LogP contribution in [0.4, 0.5) is 5.95 Å². The highest BCUT2D eigenvalue weighted by Gasteiger charge is 2.21. The van der Waals surface area contributed by atoms with Gasteiger partial charge in [0.15, 0.2) is 5.65 Å². The molecule has 144 valence electrons. The minimum atomic E-state index is -0.0460. The van der Waals surface area contributed by atoms with E-state index >= 15 is 0 Å². The number of aromatic nitrogens is 4. The lowest BCUT2D eigenvalue weighted by molar-refractivity contribution is 0.684. The molecule has 6 heteroatoms. The third kappa shape index (κ3) is 3.36. The number of hydrogen-bond acceptors (Lipinski definition) is 4. The molecule has 0 spiro atoms. The van der Waals surface area contributed by atoms with Crippen molar-refractivity contribution in [2.24, 2.45) is 14.1 Å². The van der Waals surface area contributed by atoms with Crippen LogP contribution in [0.2, 0.25) is 0 Å².